The molecule has 0 fully saturated rings. The number of para-hydroxylation sites is 4. The highest BCUT2D eigenvalue weighted by Crippen LogP contribution is 2.45. The molecule has 3 heteroatoms. The molecule has 0 atom stereocenters. The number of fused-ring (bicyclic) bond motifs is 2. The van der Waals surface area contributed by atoms with Gasteiger partial charge in [-0.05, 0) is 24.3 Å². The number of hydrogen-bond acceptors (Lipinski definition) is 3. The van der Waals surface area contributed by atoms with E-state index >= 15 is 0 Å². The zero-order valence-corrected chi connectivity index (χ0v) is 9.34. The molecule has 0 amide bonds. The number of aliphatic hydroxyl groups is 1. The van der Waals surface area contributed by atoms with Crippen molar-refractivity contribution in [2.24, 2.45) is 0 Å². The van der Waals surface area contributed by atoms with E-state index in [0.717, 1.165) is 22.9 Å². The largest absolute Gasteiger partial charge is 0.453 e. The molecule has 86 valence electrons. The van der Waals surface area contributed by atoms with E-state index in [0.29, 0.717) is 6.54 Å². The van der Waals surface area contributed by atoms with E-state index in [-0.39, 0.29) is 6.61 Å². The molecule has 1 aliphatic rings. The first kappa shape index (κ1) is 10.2. The van der Waals surface area contributed by atoms with Crippen molar-refractivity contribution in [1.82, 2.24) is 0 Å². The number of nitrogens with zero attached hydrogens (tertiary/aromatic N) is 1. The maximum atomic E-state index is 9.19. The van der Waals surface area contributed by atoms with Crippen molar-refractivity contribution in [3.63, 3.8) is 0 Å². The van der Waals surface area contributed by atoms with Crippen LogP contribution in [0.4, 0.5) is 11.4 Å². The summed E-state index contributed by atoms with van der Waals surface area (Å²) < 4.78 is 5.83. The second kappa shape index (κ2) is 4.11. The van der Waals surface area contributed by atoms with Crippen molar-refractivity contribution in [3.8, 4) is 11.5 Å². The molecule has 0 saturated heterocycles. The topological polar surface area (TPSA) is 32.7 Å². The molecule has 0 bridgehead atoms. The second-order valence-electron chi connectivity index (χ2n) is 3.91. The van der Waals surface area contributed by atoms with Crippen LogP contribution in [0, 0.1) is 0 Å². The maximum absolute atomic E-state index is 9.19. The molecule has 3 rings (SSSR count). The molecule has 1 N–H and O–H groups in total. The Bertz CT molecular complexity index is 494. The van der Waals surface area contributed by atoms with Gasteiger partial charge in [-0.1, -0.05) is 24.3 Å². The van der Waals surface area contributed by atoms with Gasteiger partial charge in [-0.25, -0.2) is 0 Å². The minimum absolute atomic E-state index is 0.114. The second-order valence-corrected chi connectivity index (χ2v) is 3.91. The highest BCUT2D eigenvalue weighted by Gasteiger charge is 2.22. The van der Waals surface area contributed by atoms with Gasteiger partial charge in [0.25, 0.3) is 0 Å². The first-order valence-corrected chi connectivity index (χ1v) is 5.64. The smallest absolute Gasteiger partial charge is 0.151 e. The van der Waals surface area contributed by atoms with E-state index in [1.807, 2.05) is 48.5 Å². The van der Waals surface area contributed by atoms with Gasteiger partial charge in [-0.15, -0.1) is 0 Å². The number of rotatable bonds is 2. The number of benzene rings is 2. The Balaban J connectivity index is 2.13. The number of aliphatic hydroxyl groups excluding tert-OH is 1. The van der Waals surface area contributed by atoms with Gasteiger partial charge in [-0.3, -0.25) is 0 Å². The third-order valence-corrected chi connectivity index (χ3v) is 2.86. The molecule has 0 spiro atoms. The minimum atomic E-state index is 0.114. The standard InChI is InChI=1S/C14H13NO2/c16-10-9-15-11-5-1-3-7-13(11)17-14-8-4-2-6-12(14)15/h1-8,16H,9-10H2/i9+2. The van der Waals surface area contributed by atoms with Gasteiger partial charge >= 0.3 is 0 Å². The van der Waals surface area contributed by atoms with Crippen LogP contribution in [0.5, 0.6) is 11.5 Å². The van der Waals surface area contributed by atoms with Gasteiger partial charge in [0.15, 0.2) is 11.5 Å². The normalized spacial score (nSPS) is 12.6. The van der Waals surface area contributed by atoms with Crippen molar-refractivity contribution in [3.05, 3.63) is 48.5 Å². The summed E-state index contributed by atoms with van der Waals surface area (Å²) >= 11 is 0. The molecular weight excluding hydrogens is 216 g/mol. The Kier molecular flexibility index (Phi) is 2.46. The highest BCUT2D eigenvalue weighted by molar-refractivity contribution is 5.77. The van der Waals surface area contributed by atoms with E-state index < -0.39 is 0 Å². The number of ether oxygens (including phenoxy) is 1. The molecule has 2 aromatic rings. The summed E-state index contributed by atoms with van der Waals surface area (Å²) in [7, 11) is 0. The molecule has 0 unspecified atom stereocenters. The van der Waals surface area contributed by atoms with Gasteiger partial charge in [0, 0.05) is 6.54 Å². The van der Waals surface area contributed by atoms with Crippen LogP contribution in [0.3, 0.4) is 0 Å². The molecular formula is C14H13NO2. The summed E-state index contributed by atoms with van der Waals surface area (Å²) in [4.78, 5) is 2.08. The van der Waals surface area contributed by atoms with Gasteiger partial charge < -0.3 is 14.7 Å². The number of anilines is 2. The van der Waals surface area contributed by atoms with Crippen LogP contribution >= 0.6 is 0 Å². The number of hydrogen-bond donors (Lipinski definition) is 1. The van der Waals surface area contributed by atoms with Crippen LogP contribution in [0.25, 0.3) is 0 Å². The van der Waals surface area contributed by atoms with E-state index in [1.54, 1.807) is 0 Å². The van der Waals surface area contributed by atoms with Gasteiger partial charge in [0.2, 0.25) is 0 Å². The molecule has 0 aromatic heterocycles. The fourth-order valence-corrected chi connectivity index (χ4v) is 2.12. The average molecular weight is 229 g/mol. The van der Waals surface area contributed by atoms with Crippen LogP contribution in [0.1, 0.15) is 0 Å². The van der Waals surface area contributed by atoms with Crippen molar-refractivity contribution < 1.29 is 9.84 Å². The van der Waals surface area contributed by atoms with Gasteiger partial charge in [0.1, 0.15) is 0 Å². The molecule has 1 heterocycles. The predicted molar refractivity (Wildman–Crippen MR) is 67.0 cm³/mol. The maximum Gasteiger partial charge on any atom is 0.151 e. The zero-order chi connectivity index (χ0) is 11.7. The number of β-amino-alcohol motifs (C(OH)–C–C–N with tert-alkyl or cyclic N) is 1. The summed E-state index contributed by atoms with van der Waals surface area (Å²) in [5, 5.41) is 9.19. The monoisotopic (exact) mass is 229 g/mol. The van der Waals surface area contributed by atoms with Gasteiger partial charge in [-0.2, -0.15) is 0 Å². The lowest BCUT2D eigenvalue weighted by Gasteiger charge is -2.32. The lowest BCUT2D eigenvalue weighted by Crippen LogP contribution is -2.24. The highest BCUT2D eigenvalue weighted by atomic mass is 16.5. The SMILES string of the molecule is OC[14CH2]N1c2ccccc2Oc2ccccc21. The summed E-state index contributed by atoms with van der Waals surface area (Å²) in [5.74, 6) is 1.67. The Hall–Kier alpha value is -2.00. The molecule has 2 aromatic carbocycles. The molecule has 17 heavy (non-hydrogen) atoms. The third kappa shape index (κ3) is 1.65. The van der Waals surface area contributed by atoms with E-state index in [9.17, 15) is 5.11 Å². The fourth-order valence-electron chi connectivity index (χ4n) is 2.12. The van der Waals surface area contributed by atoms with Crippen LogP contribution in [-0.4, -0.2) is 18.3 Å². The minimum Gasteiger partial charge on any atom is -0.453 e. The molecule has 0 radical (unpaired) electrons. The summed E-state index contributed by atoms with van der Waals surface area (Å²) in [6.45, 7) is 0.681. The van der Waals surface area contributed by atoms with Crippen LogP contribution in [0.2, 0.25) is 0 Å². The molecule has 1 aliphatic heterocycles. The van der Waals surface area contributed by atoms with Crippen molar-refractivity contribution in [2.45, 2.75) is 0 Å². The van der Waals surface area contributed by atoms with E-state index in [4.69, 9.17) is 4.74 Å². The lowest BCUT2D eigenvalue weighted by molar-refractivity contribution is 0.304. The third-order valence-electron chi connectivity index (χ3n) is 2.86. The van der Waals surface area contributed by atoms with Crippen LogP contribution in [-0.2, 0) is 0 Å². The predicted octanol–water partition coefficient (Wildman–Crippen LogP) is 2.92. The quantitative estimate of drug-likeness (QED) is 0.859. The molecule has 0 aliphatic carbocycles. The average Bonchev–Trinajstić information content (AvgIpc) is 2.39. The summed E-state index contributed by atoms with van der Waals surface area (Å²) in [5.41, 5.74) is 2.00. The summed E-state index contributed by atoms with van der Waals surface area (Å²) in [6, 6.07) is 15.7. The first-order valence-electron chi connectivity index (χ1n) is 5.64. The Labute approximate surface area is 99.9 Å². The molecule has 0 saturated carbocycles. The van der Waals surface area contributed by atoms with Crippen LogP contribution in [0.15, 0.2) is 48.5 Å². The van der Waals surface area contributed by atoms with E-state index in [1.165, 1.54) is 0 Å². The van der Waals surface area contributed by atoms with Crippen molar-refractivity contribution in [1.29, 1.82) is 0 Å². The van der Waals surface area contributed by atoms with Crippen molar-refractivity contribution in [2.75, 3.05) is 18.1 Å². The molecule has 3 nitrogen and oxygen atoms in total. The Morgan fingerprint density at radius 1 is 0.941 bits per heavy atom. The van der Waals surface area contributed by atoms with E-state index in [2.05, 4.69) is 4.90 Å². The summed E-state index contributed by atoms with van der Waals surface area (Å²) in [6.07, 6.45) is 0. The van der Waals surface area contributed by atoms with Crippen molar-refractivity contribution >= 4 is 11.4 Å². The van der Waals surface area contributed by atoms with Crippen LogP contribution < -0.4 is 9.64 Å². The lowest BCUT2D eigenvalue weighted by atomic mass is 10.2. The Morgan fingerprint density at radius 2 is 1.47 bits per heavy atom. The fraction of sp³-hybridized carbons (Fsp3) is 0.143. The first-order chi connectivity index (χ1) is 8.40. The Morgan fingerprint density at radius 3 is 2.00 bits per heavy atom. The van der Waals surface area contributed by atoms with Gasteiger partial charge in [0.05, 0.1) is 18.0 Å². The zero-order valence-electron chi connectivity index (χ0n) is 9.34.